The lowest BCUT2D eigenvalue weighted by Crippen LogP contribution is -2.24. The van der Waals surface area contributed by atoms with Crippen molar-refractivity contribution in [2.24, 2.45) is 5.84 Å². The summed E-state index contributed by atoms with van der Waals surface area (Å²) in [4.78, 5) is 10.6. The van der Waals surface area contributed by atoms with Crippen molar-refractivity contribution in [3.05, 3.63) is 11.9 Å². The van der Waals surface area contributed by atoms with Gasteiger partial charge in [0.2, 0.25) is 0 Å². The van der Waals surface area contributed by atoms with Gasteiger partial charge in [0.1, 0.15) is 18.0 Å². The first-order valence-electron chi connectivity index (χ1n) is 6.13. The van der Waals surface area contributed by atoms with Gasteiger partial charge in [-0.25, -0.2) is 15.8 Å². The molecule has 0 fully saturated rings. The maximum absolute atomic E-state index is 5.50. The number of nitrogens with two attached hydrogens (primary N) is 1. The molecule has 6 nitrogen and oxygen atoms in total. The molecule has 1 aromatic heterocycles. The third kappa shape index (κ3) is 3.54. The molecule has 0 aromatic carbocycles. The number of methoxy groups -OCH3 is 1. The summed E-state index contributed by atoms with van der Waals surface area (Å²) in [6.45, 7) is 5.83. The summed E-state index contributed by atoms with van der Waals surface area (Å²) in [5.41, 5.74) is 3.68. The van der Waals surface area contributed by atoms with Crippen molar-refractivity contribution in [1.29, 1.82) is 0 Å². The van der Waals surface area contributed by atoms with Crippen LogP contribution in [0.15, 0.2) is 6.33 Å². The van der Waals surface area contributed by atoms with Crippen molar-refractivity contribution in [2.45, 2.75) is 26.2 Å². The fraction of sp³-hybridized carbons (Fsp3) is 0.667. The standard InChI is InChI=1S/C12H23N5O/c1-9(2)10-11(16-13)14-8-15-12(10)17(3)6-5-7-18-4/h8-9H,5-7,13H2,1-4H3,(H,14,15,16). The van der Waals surface area contributed by atoms with Crippen LogP contribution >= 0.6 is 0 Å². The van der Waals surface area contributed by atoms with Crippen LogP contribution in [-0.4, -0.2) is 37.3 Å². The van der Waals surface area contributed by atoms with Gasteiger partial charge in [-0.15, -0.1) is 0 Å². The minimum atomic E-state index is 0.303. The average Bonchev–Trinajstić information content (AvgIpc) is 2.37. The second-order valence-electron chi connectivity index (χ2n) is 4.53. The first-order chi connectivity index (χ1) is 8.61. The number of hydrazine groups is 1. The largest absolute Gasteiger partial charge is 0.385 e. The number of rotatable bonds is 7. The van der Waals surface area contributed by atoms with E-state index in [0.29, 0.717) is 11.7 Å². The van der Waals surface area contributed by atoms with E-state index in [1.54, 1.807) is 7.11 Å². The zero-order valence-electron chi connectivity index (χ0n) is 11.6. The Hall–Kier alpha value is -1.40. The van der Waals surface area contributed by atoms with Gasteiger partial charge in [-0.2, -0.15) is 0 Å². The van der Waals surface area contributed by atoms with Crippen molar-refractivity contribution in [3.8, 4) is 0 Å². The third-order valence-corrected chi connectivity index (χ3v) is 2.78. The highest BCUT2D eigenvalue weighted by Gasteiger charge is 2.16. The second kappa shape index (κ2) is 7.13. The van der Waals surface area contributed by atoms with Crippen LogP contribution in [0, 0.1) is 0 Å². The first-order valence-corrected chi connectivity index (χ1v) is 6.13. The number of ether oxygens (including phenoxy) is 1. The van der Waals surface area contributed by atoms with Crippen LogP contribution in [0.5, 0.6) is 0 Å². The maximum atomic E-state index is 5.50. The molecule has 1 aromatic rings. The van der Waals surface area contributed by atoms with Crippen molar-refractivity contribution in [2.75, 3.05) is 37.6 Å². The topological polar surface area (TPSA) is 76.3 Å². The van der Waals surface area contributed by atoms with Crippen LogP contribution < -0.4 is 16.2 Å². The van der Waals surface area contributed by atoms with Gasteiger partial charge in [0.05, 0.1) is 0 Å². The molecule has 6 heteroatoms. The minimum absolute atomic E-state index is 0.303. The maximum Gasteiger partial charge on any atom is 0.148 e. The molecule has 0 saturated carbocycles. The van der Waals surface area contributed by atoms with E-state index in [2.05, 4.69) is 34.1 Å². The number of anilines is 2. The van der Waals surface area contributed by atoms with E-state index in [0.717, 1.165) is 31.0 Å². The molecule has 3 N–H and O–H groups in total. The number of nitrogens with one attached hydrogen (secondary N) is 1. The van der Waals surface area contributed by atoms with Crippen LogP contribution in [0.2, 0.25) is 0 Å². The van der Waals surface area contributed by atoms with Gasteiger partial charge in [-0.1, -0.05) is 13.8 Å². The number of nitrogens with zero attached hydrogens (tertiary/aromatic N) is 3. The van der Waals surface area contributed by atoms with Gasteiger partial charge in [-0.3, -0.25) is 0 Å². The molecule has 0 unspecified atom stereocenters. The molecular weight excluding hydrogens is 230 g/mol. The van der Waals surface area contributed by atoms with Gasteiger partial charge in [0.25, 0.3) is 0 Å². The van der Waals surface area contributed by atoms with E-state index < -0.39 is 0 Å². The number of hydrogen-bond acceptors (Lipinski definition) is 6. The molecule has 18 heavy (non-hydrogen) atoms. The summed E-state index contributed by atoms with van der Waals surface area (Å²) in [7, 11) is 3.73. The van der Waals surface area contributed by atoms with Gasteiger partial charge < -0.3 is 15.1 Å². The Morgan fingerprint density at radius 2 is 2.17 bits per heavy atom. The highest BCUT2D eigenvalue weighted by molar-refractivity contribution is 5.59. The molecule has 0 aliphatic carbocycles. The highest BCUT2D eigenvalue weighted by Crippen LogP contribution is 2.29. The molecule has 0 saturated heterocycles. The summed E-state index contributed by atoms with van der Waals surface area (Å²) in [6.07, 6.45) is 2.49. The Kier molecular flexibility index (Phi) is 5.80. The molecule has 0 bridgehead atoms. The molecule has 0 atom stereocenters. The van der Waals surface area contributed by atoms with Crippen molar-refractivity contribution >= 4 is 11.6 Å². The Labute approximate surface area is 109 Å². The molecule has 0 spiro atoms. The fourth-order valence-corrected chi connectivity index (χ4v) is 1.89. The molecule has 0 radical (unpaired) electrons. The first kappa shape index (κ1) is 14.7. The minimum Gasteiger partial charge on any atom is -0.385 e. The second-order valence-corrected chi connectivity index (χ2v) is 4.53. The normalized spacial score (nSPS) is 10.8. The number of hydrogen-bond donors (Lipinski definition) is 2. The zero-order valence-corrected chi connectivity index (χ0v) is 11.6. The molecule has 1 heterocycles. The van der Waals surface area contributed by atoms with Crippen LogP contribution in [0.25, 0.3) is 0 Å². The molecule has 102 valence electrons. The molecule has 0 amide bonds. The van der Waals surface area contributed by atoms with Gasteiger partial charge in [0, 0.05) is 32.9 Å². The highest BCUT2D eigenvalue weighted by atomic mass is 16.5. The summed E-state index contributed by atoms with van der Waals surface area (Å²) >= 11 is 0. The van der Waals surface area contributed by atoms with Crippen molar-refractivity contribution in [3.63, 3.8) is 0 Å². The predicted molar refractivity (Wildman–Crippen MR) is 73.7 cm³/mol. The van der Waals surface area contributed by atoms with E-state index in [4.69, 9.17) is 10.6 Å². The smallest absolute Gasteiger partial charge is 0.148 e. The zero-order chi connectivity index (χ0) is 13.5. The van der Waals surface area contributed by atoms with Crippen molar-refractivity contribution in [1.82, 2.24) is 9.97 Å². The third-order valence-electron chi connectivity index (χ3n) is 2.78. The van der Waals surface area contributed by atoms with Crippen LogP contribution in [-0.2, 0) is 4.74 Å². The Morgan fingerprint density at radius 1 is 1.44 bits per heavy atom. The summed E-state index contributed by atoms with van der Waals surface area (Å²) in [5.74, 6) is 7.41. The van der Waals surface area contributed by atoms with Gasteiger partial charge in [-0.05, 0) is 12.3 Å². The van der Waals surface area contributed by atoms with Crippen molar-refractivity contribution < 1.29 is 4.74 Å². The molecular formula is C12H23N5O. The lowest BCUT2D eigenvalue weighted by Gasteiger charge is -2.23. The summed E-state index contributed by atoms with van der Waals surface area (Å²) in [6, 6.07) is 0. The lowest BCUT2D eigenvalue weighted by atomic mass is 10.0. The fourth-order valence-electron chi connectivity index (χ4n) is 1.89. The van der Waals surface area contributed by atoms with E-state index in [-0.39, 0.29) is 0 Å². The van der Waals surface area contributed by atoms with Crippen LogP contribution in [0.3, 0.4) is 0 Å². The van der Waals surface area contributed by atoms with E-state index in [1.807, 2.05) is 7.05 Å². The van der Waals surface area contributed by atoms with Crippen LogP contribution in [0.1, 0.15) is 31.7 Å². The molecule has 0 aliphatic rings. The molecule has 1 rings (SSSR count). The predicted octanol–water partition coefficient (Wildman–Crippen LogP) is 1.36. The summed E-state index contributed by atoms with van der Waals surface area (Å²) < 4.78 is 5.06. The van der Waals surface area contributed by atoms with E-state index in [1.165, 1.54) is 6.33 Å². The van der Waals surface area contributed by atoms with Gasteiger partial charge >= 0.3 is 0 Å². The Bertz CT molecular complexity index is 369. The Morgan fingerprint density at radius 3 is 2.72 bits per heavy atom. The molecule has 0 aliphatic heterocycles. The van der Waals surface area contributed by atoms with E-state index >= 15 is 0 Å². The van der Waals surface area contributed by atoms with Gasteiger partial charge in [0.15, 0.2) is 0 Å². The average molecular weight is 253 g/mol. The lowest BCUT2D eigenvalue weighted by molar-refractivity contribution is 0.196. The number of nitrogen functional groups attached to an aromatic ring is 1. The SMILES string of the molecule is COCCCN(C)c1ncnc(NN)c1C(C)C. The van der Waals surface area contributed by atoms with E-state index in [9.17, 15) is 0 Å². The summed E-state index contributed by atoms with van der Waals surface area (Å²) in [5, 5.41) is 0. The number of aromatic nitrogens is 2. The monoisotopic (exact) mass is 253 g/mol. The Balaban J connectivity index is 2.92. The quantitative estimate of drug-likeness (QED) is 0.434. The van der Waals surface area contributed by atoms with Crippen LogP contribution in [0.4, 0.5) is 11.6 Å².